The Morgan fingerprint density at radius 3 is 1.84 bits per heavy atom. The zero-order chi connectivity index (χ0) is 17.8. The van der Waals surface area contributed by atoms with Crippen LogP contribution in [0.15, 0.2) is 78.9 Å². The van der Waals surface area contributed by atoms with E-state index >= 15 is 0 Å². The first-order valence-corrected chi connectivity index (χ1v) is 7.68. The third-order valence-electron chi connectivity index (χ3n) is 3.86. The van der Waals surface area contributed by atoms with Gasteiger partial charge in [0.2, 0.25) is 0 Å². The van der Waals surface area contributed by atoms with Crippen molar-refractivity contribution in [1.29, 1.82) is 0 Å². The minimum Gasteiger partial charge on any atom is -0.507 e. The van der Waals surface area contributed by atoms with Gasteiger partial charge in [-0.2, -0.15) is 0 Å². The molecule has 0 amide bonds. The summed E-state index contributed by atoms with van der Waals surface area (Å²) in [6.07, 6.45) is 0. The summed E-state index contributed by atoms with van der Waals surface area (Å²) in [6, 6.07) is 23.5. The smallest absolute Gasteiger partial charge is 0.339 e. The van der Waals surface area contributed by atoms with Crippen LogP contribution in [-0.4, -0.2) is 21.3 Å². The fraction of sp³-hybridized carbons (Fsp3) is 0. The van der Waals surface area contributed by atoms with Crippen molar-refractivity contribution in [2.45, 2.75) is 0 Å². The molecule has 0 radical (unpaired) electrons. The second-order valence-corrected chi connectivity index (χ2v) is 5.52. The molecular weight excluding hydrogens is 316 g/mol. The highest BCUT2D eigenvalue weighted by molar-refractivity contribution is 5.97. The van der Waals surface area contributed by atoms with Crippen molar-refractivity contribution >= 4 is 27.5 Å². The molecule has 3 N–H and O–H groups in total. The normalized spacial score (nSPS) is 10.2. The third-order valence-corrected chi connectivity index (χ3v) is 3.86. The maximum absolute atomic E-state index is 10.7. The predicted molar refractivity (Wildman–Crippen MR) is 98.2 cm³/mol. The molecule has 0 aliphatic rings. The van der Waals surface area contributed by atoms with Gasteiger partial charge in [0.25, 0.3) is 0 Å². The van der Waals surface area contributed by atoms with Gasteiger partial charge in [-0.1, -0.05) is 60.7 Å². The summed E-state index contributed by atoms with van der Waals surface area (Å²) in [5.41, 5.74) is -0.0660. The van der Waals surface area contributed by atoms with Crippen molar-refractivity contribution < 1.29 is 20.1 Å². The zero-order valence-corrected chi connectivity index (χ0v) is 13.3. The van der Waals surface area contributed by atoms with Crippen LogP contribution < -0.4 is 0 Å². The van der Waals surface area contributed by atoms with Gasteiger partial charge in [0.05, 0.1) is 0 Å². The Balaban J connectivity index is 0.000000150. The SMILES string of the molecule is O=C(O)c1cc2ccccc2cc1O.Oc1cccc2ccccc12. The van der Waals surface area contributed by atoms with E-state index in [2.05, 4.69) is 0 Å². The molecule has 0 aromatic heterocycles. The van der Waals surface area contributed by atoms with E-state index in [4.69, 9.17) is 5.11 Å². The second kappa shape index (κ2) is 6.93. The molecule has 124 valence electrons. The third kappa shape index (κ3) is 3.53. The first kappa shape index (κ1) is 16.3. The molecule has 4 aromatic carbocycles. The van der Waals surface area contributed by atoms with E-state index in [1.54, 1.807) is 12.1 Å². The lowest BCUT2D eigenvalue weighted by Gasteiger charge is -2.02. The van der Waals surface area contributed by atoms with Crippen molar-refractivity contribution in [1.82, 2.24) is 0 Å². The standard InChI is InChI=1S/C11H8O3.C10H8O/c12-10-6-8-4-2-1-3-7(8)5-9(10)11(13)14;11-10-7-3-5-8-4-1-2-6-9(8)10/h1-6,12H,(H,13,14);1-7,11H. The molecule has 0 unspecified atom stereocenters. The number of fused-ring (bicyclic) bond motifs is 2. The number of aromatic hydroxyl groups is 2. The highest BCUT2D eigenvalue weighted by Gasteiger charge is 2.09. The lowest BCUT2D eigenvalue weighted by atomic mass is 10.1. The van der Waals surface area contributed by atoms with Gasteiger partial charge in [-0.25, -0.2) is 4.79 Å². The van der Waals surface area contributed by atoms with Gasteiger partial charge < -0.3 is 15.3 Å². The van der Waals surface area contributed by atoms with E-state index < -0.39 is 5.97 Å². The van der Waals surface area contributed by atoms with Gasteiger partial charge in [0.15, 0.2) is 0 Å². The second-order valence-electron chi connectivity index (χ2n) is 5.52. The number of phenols is 2. The maximum atomic E-state index is 10.7. The Morgan fingerprint density at radius 1 is 0.640 bits per heavy atom. The van der Waals surface area contributed by atoms with Crippen molar-refractivity contribution in [2.24, 2.45) is 0 Å². The van der Waals surface area contributed by atoms with Crippen LogP contribution >= 0.6 is 0 Å². The first-order valence-electron chi connectivity index (χ1n) is 7.68. The summed E-state index contributed by atoms with van der Waals surface area (Å²) in [5.74, 6) is -0.965. The monoisotopic (exact) mass is 332 g/mol. The van der Waals surface area contributed by atoms with Crippen LogP contribution in [0.1, 0.15) is 10.4 Å². The molecule has 4 nitrogen and oxygen atoms in total. The summed E-state index contributed by atoms with van der Waals surface area (Å²) in [5, 5.41) is 31.2. The number of rotatable bonds is 1. The topological polar surface area (TPSA) is 77.8 Å². The fourth-order valence-electron chi connectivity index (χ4n) is 2.61. The number of carboxylic acids is 1. The average molecular weight is 332 g/mol. The molecule has 0 spiro atoms. The average Bonchev–Trinajstić information content (AvgIpc) is 2.62. The zero-order valence-electron chi connectivity index (χ0n) is 13.3. The van der Waals surface area contributed by atoms with Gasteiger partial charge in [0.1, 0.15) is 17.1 Å². The largest absolute Gasteiger partial charge is 0.507 e. The molecule has 4 rings (SSSR count). The summed E-state index contributed by atoms with van der Waals surface area (Å²) >= 11 is 0. The summed E-state index contributed by atoms with van der Waals surface area (Å²) in [6.45, 7) is 0. The minimum atomic E-state index is -1.12. The summed E-state index contributed by atoms with van der Waals surface area (Å²) < 4.78 is 0. The van der Waals surface area contributed by atoms with Gasteiger partial charge in [-0.15, -0.1) is 0 Å². The van der Waals surface area contributed by atoms with Crippen LogP contribution in [0.5, 0.6) is 11.5 Å². The summed E-state index contributed by atoms with van der Waals surface area (Å²) in [4.78, 5) is 10.7. The van der Waals surface area contributed by atoms with E-state index in [1.165, 1.54) is 12.1 Å². The van der Waals surface area contributed by atoms with E-state index in [0.29, 0.717) is 5.75 Å². The Bertz CT molecular complexity index is 1050. The van der Waals surface area contributed by atoms with Gasteiger partial charge >= 0.3 is 5.97 Å². The van der Waals surface area contributed by atoms with Crippen LogP contribution in [0, 0.1) is 0 Å². The molecule has 0 fully saturated rings. The molecule has 0 saturated carbocycles. The number of benzene rings is 4. The number of hydrogen-bond donors (Lipinski definition) is 3. The van der Waals surface area contributed by atoms with E-state index in [9.17, 15) is 15.0 Å². The van der Waals surface area contributed by atoms with Crippen molar-refractivity contribution in [3.63, 3.8) is 0 Å². The van der Waals surface area contributed by atoms with E-state index in [0.717, 1.165) is 21.5 Å². The number of hydrogen-bond acceptors (Lipinski definition) is 3. The van der Waals surface area contributed by atoms with Gasteiger partial charge in [0, 0.05) is 5.39 Å². The van der Waals surface area contributed by atoms with Crippen LogP contribution in [0.2, 0.25) is 0 Å². The lowest BCUT2D eigenvalue weighted by Crippen LogP contribution is -1.96. The van der Waals surface area contributed by atoms with Crippen LogP contribution in [0.3, 0.4) is 0 Å². The number of aromatic carboxylic acids is 1. The molecule has 4 heteroatoms. The highest BCUT2D eigenvalue weighted by atomic mass is 16.4. The van der Waals surface area contributed by atoms with E-state index in [1.807, 2.05) is 54.6 Å². The Hall–Kier alpha value is -3.53. The molecule has 25 heavy (non-hydrogen) atoms. The first-order chi connectivity index (χ1) is 12.1. The Morgan fingerprint density at radius 2 is 1.20 bits per heavy atom. The van der Waals surface area contributed by atoms with Crippen LogP contribution in [-0.2, 0) is 0 Å². The van der Waals surface area contributed by atoms with Crippen molar-refractivity contribution in [3.05, 3.63) is 84.4 Å². The lowest BCUT2D eigenvalue weighted by molar-refractivity contribution is 0.0694. The minimum absolute atomic E-state index is 0.0660. The molecule has 4 aromatic rings. The number of phenolic OH excluding ortho intramolecular Hbond substituents is 1. The molecule has 0 bridgehead atoms. The molecule has 0 aliphatic heterocycles. The number of carboxylic acid groups (broad SMARTS) is 1. The predicted octanol–water partition coefficient (Wildman–Crippen LogP) is 4.79. The van der Waals surface area contributed by atoms with Crippen LogP contribution in [0.4, 0.5) is 0 Å². The number of carbonyl (C=O) groups is 1. The van der Waals surface area contributed by atoms with Gasteiger partial charge in [-0.05, 0) is 34.4 Å². The van der Waals surface area contributed by atoms with Crippen molar-refractivity contribution in [2.75, 3.05) is 0 Å². The Kier molecular flexibility index (Phi) is 4.53. The Labute approximate surface area is 144 Å². The quantitative estimate of drug-likeness (QED) is 0.468. The maximum Gasteiger partial charge on any atom is 0.339 e. The van der Waals surface area contributed by atoms with E-state index in [-0.39, 0.29) is 11.3 Å². The summed E-state index contributed by atoms with van der Waals surface area (Å²) in [7, 11) is 0. The highest BCUT2D eigenvalue weighted by Crippen LogP contribution is 2.25. The fourth-order valence-corrected chi connectivity index (χ4v) is 2.61. The van der Waals surface area contributed by atoms with Gasteiger partial charge in [-0.3, -0.25) is 0 Å². The van der Waals surface area contributed by atoms with Crippen molar-refractivity contribution in [3.8, 4) is 11.5 Å². The molecule has 0 heterocycles. The molecule has 0 saturated heterocycles. The molecule has 0 atom stereocenters. The molecule has 0 aliphatic carbocycles. The molecular formula is C21H16O4. The van der Waals surface area contributed by atoms with Crippen LogP contribution in [0.25, 0.3) is 21.5 Å².